The molecule has 0 aromatic carbocycles. The molecule has 1 rings (SSSR count). The van der Waals surface area contributed by atoms with E-state index < -0.39 is 0 Å². The number of rotatable bonds is 3. The molecule has 0 saturated heterocycles. The third kappa shape index (κ3) is 2.66. The van der Waals surface area contributed by atoms with Gasteiger partial charge in [-0.2, -0.15) is 5.10 Å². The van der Waals surface area contributed by atoms with E-state index in [1.807, 2.05) is 17.9 Å². The quantitative estimate of drug-likeness (QED) is 0.708. The van der Waals surface area contributed by atoms with Gasteiger partial charge in [-0.25, -0.2) is 0 Å². The van der Waals surface area contributed by atoms with Crippen LogP contribution in [0, 0.1) is 5.92 Å². The summed E-state index contributed by atoms with van der Waals surface area (Å²) < 4.78 is 1.84. The molecule has 1 atom stereocenters. The van der Waals surface area contributed by atoms with Crippen LogP contribution in [0.5, 0.6) is 0 Å². The zero-order valence-corrected chi connectivity index (χ0v) is 8.50. The third-order valence-corrected chi connectivity index (χ3v) is 2.71. The molecule has 0 aliphatic carbocycles. The Hall–Kier alpha value is -0.310. The lowest BCUT2D eigenvalue weighted by Crippen LogP contribution is -1.99. The van der Waals surface area contributed by atoms with Crippen LogP contribution in [-0.4, -0.2) is 15.1 Å². The monoisotopic (exact) mass is 216 g/mol. The summed E-state index contributed by atoms with van der Waals surface area (Å²) >= 11 is 3.45. The molecule has 1 unspecified atom stereocenters. The molecule has 62 valence electrons. The molecule has 0 spiro atoms. The molecule has 0 aliphatic heterocycles. The van der Waals surface area contributed by atoms with Crippen molar-refractivity contribution in [3.63, 3.8) is 0 Å². The number of nitrogens with zero attached hydrogens (tertiary/aromatic N) is 2. The SMILES string of the molecule is CC(CBr)Cc1cnn(C)c1. The van der Waals surface area contributed by atoms with E-state index in [1.54, 1.807) is 0 Å². The van der Waals surface area contributed by atoms with Gasteiger partial charge in [-0.15, -0.1) is 0 Å². The lowest BCUT2D eigenvalue weighted by atomic mass is 10.1. The van der Waals surface area contributed by atoms with Crippen LogP contribution in [0.2, 0.25) is 0 Å². The second-order valence-electron chi connectivity index (χ2n) is 2.99. The average molecular weight is 217 g/mol. The standard InChI is InChI=1S/C8H13BrN2/c1-7(4-9)3-8-5-10-11(2)6-8/h5-7H,3-4H2,1-2H3. The number of halogens is 1. The van der Waals surface area contributed by atoms with Gasteiger partial charge in [-0.3, -0.25) is 4.68 Å². The highest BCUT2D eigenvalue weighted by Gasteiger charge is 2.02. The van der Waals surface area contributed by atoms with E-state index in [-0.39, 0.29) is 0 Å². The van der Waals surface area contributed by atoms with Crippen LogP contribution < -0.4 is 0 Å². The average Bonchev–Trinajstić information content (AvgIpc) is 2.35. The van der Waals surface area contributed by atoms with Crippen molar-refractivity contribution in [1.29, 1.82) is 0 Å². The maximum Gasteiger partial charge on any atom is 0.0521 e. The molecule has 1 aromatic rings. The number of aryl methyl sites for hydroxylation is 1. The molecule has 3 heteroatoms. The summed E-state index contributed by atoms with van der Waals surface area (Å²) in [6.45, 7) is 2.22. The fraction of sp³-hybridized carbons (Fsp3) is 0.625. The van der Waals surface area contributed by atoms with Gasteiger partial charge in [0.15, 0.2) is 0 Å². The number of hydrogen-bond acceptors (Lipinski definition) is 1. The Morgan fingerprint density at radius 1 is 1.73 bits per heavy atom. The van der Waals surface area contributed by atoms with E-state index in [4.69, 9.17) is 0 Å². The van der Waals surface area contributed by atoms with Crippen molar-refractivity contribution in [2.24, 2.45) is 13.0 Å². The molecule has 0 saturated carbocycles. The summed E-state index contributed by atoms with van der Waals surface area (Å²) in [5, 5.41) is 5.16. The Balaban J connectivity index is 2.50. The van der Waals surface area contributed by atoms with E-state index in [1.165, 1.54) is 5.56 Å². The predicted octanol–water partition coefficient (Wildman–Crippen LogP) is 1.99. The molecule has 1 heterocycles. The highest BCUT2D eigenvalue weighted by Crippen LogP contribution is 2.08. The lowest BCUT2D eigenvalue weighted by Gasteiger charge is -2.03. The van der Waals surface area contributed by atoms with Crippen LogP contribution in [-0.2, 0) is 13.5 Å². The molecule has 0 N–H and O–H groups in total. The van der Waals surface area contributed by atoms with Crippen LogP contribution in [0.3, 0.4) is 0 Å². The van der Waals surface area contributed by atoms with Gasteiger partial charge in [0.2, 0.25) is 0 Å². The topological polar surface area (TPSA) is 17.8 Å². The fourth-order valence-electron chi connectivity index (χ4n) is 1.03. The Morgan fingerprint density at radius 3 is 2.91 bits per heavy atom. The molecular formula is C8H13BrN2. The molecule has 0 aliphatic rings. The molecule has 2 nitrogen and oxygen atoms in total. The van der Waals surface area contributed by atoms with Crippen LogP contribution in [0.15, 0.2) is 12.4 Å². The van der Waals surface area contributed by atoms with Gasteiger partial charge in [-0.05, 0) is 17.9 Å². The first-order chi connectivity index (χ1) is 5.22. The van der Waals surface area contributed by atoms with Gasteiger partial charge in [0.05, 0.1) is 6.20 Å². The first-order valence-corrected chi connectivity index (χ1v) is 4.88. The minimum Gasteiger partial charge on any atom is -0.276 e. The first-order valence-electron chi connectivity index (χ1n) is 3.76. The van der Waals surface area contributed by atoms with E-state index in [0.717, 1.165) is 11.8 Å². The van der Waals surface area contributed by atoms with Crippen LogP contribution >= 0.6 is 15.9 Å². The smallest absolute Gasteiger partial charge is 0.0521 e. The number of alkyl halides is 1. The van der Waals surface area contributed by atoms with Crippen molar-refractivity contribution in [3.05, 3.63) is 18.0 Å². The first kappa shape index (κ1) is 8.78. The maximum absolute atomic E-state index is 4.11. The minimum absolute atomic E-state index is 0.694. The van der Waals surface area contributed by atoms with Crippen LogP contribution in [0.1, 0.15) is 12.5 Å². The van der Waals surface area contributed by atoms with Crippen molar-refractivity contribution in [2.45, 2.75) is 13.3 Å². The second-order valence-corrected chi connectivity index (χ2v) is 3.63. The van der Waals surface area contributed by atoms with Gasteiger partial charge in [0.1, 0.15) is 0 Å². The van der Waals surface area contributed by atoms with Crippen molar-refractivity contribution >= 4 is 15.9 Å². The number of hydrogen-bond donors (Lipinski definition) is 0. The summed E-state index contributed by atoms with van der Waals surface area (Å²) in [7, 11) is 1.95. The van der Waals surface area contributed by atoms with E-state index in [2.05, 4.69) is 34.1 Å². The van der Waals surface area contributed by atoms with Gasteiger partial charge >= 0.3 is 0 Å². The fourth-order valence-corrected chi connectivity index (χ4v) is 1.26. The summed E-state index contributed by atoms with van der Waals surface area (Å²) in [4.78, 5) is 0. The summed E-state index contributed by atoms with van der Waals surface area (Å²) in [5.41, 5.74) is 1.32. The Labute approximate surface area is 75.7 Å². The molecule has 0 fully saturated rings. The highest BCUT2D eigenvalue weighted by atomic mass is 79.9. The molecule has 11 heavy (non-hydrogen) atoms. The normalized spacial score (nSPS) is 13.4. The van der Waals surface area contributed by atoms with Gasteiger partial charge in [0, 0.05) is 18.6 Å². The highest BCUT2D eigenvalue weighted by molar-refractivity contribution is 9.09. The third-order valence-electron chi connectivity index (χ3n) is 1.61. The van der Waals surface area contributed by atoms with Gasteiger partial charge in [-0.1, -0.05) is 22.9 Å². The van der Waals surface area contributed by atoms with Crippen molar-refractivity contribution in [1.82, 2.24) is 9.78 Å². The molecule has 0 bridgehead atoms. The predicted molar refractivity (Wildman–Crippen MR) is 49.9 cm³/mol. The zero-order chi connectivity index (χ0) is 8.27. The molecule has 0 radical (unpaired) electrons. The Kier molecular flexibility index (Phi) is 3.12. The van der Waals surface area contributed by atoms with Crippen LogP contribution in [0.25, 0.3) is 0 Å². The van der Waals surface area contributed by atoms with E-state index in [0.29, 0.717) is 5.92 Å². The van der Waals surface area contributed by atoms with Crippen molar-refractivity contribution in [3.8, 4) is 0 Å². The summed E-state index contributed by atoms with van der Waals surface area (Å²) in [6, 6.07) is 0. The van der Waals surface area contributed by atoms with Gasteiger partial charge < -0.3 is 0 Å². The van der Waals surface area contributed by atoms with Crippen molar-refractivity contribution in [2.75, 3.05) is 5.33 Å². The van der Waals surface area contributed by atoms with E-state index in [9.17, 15) is 0 Å². The molecular weight excluding hydrogens is 204 g/mol. The Morgan fingerprint density at radius 2 is 2.45 bits per heavy atom. The lowest BCUT2D eigenvalue weighted by molar-refractivity contribution is 0.662. The number of aromatic nitrogens is 2. The maximum atomic E-state index is 4.11. The summed E-state index contributed by atoms with van der Waals surface area (Å²) in [6.07, 6.45) is 5.11. The van der Waals surface area contributed by atoms with Gasteiger partial charge in [0.25, 0.3) is 0 Å². The molecule has 0 amide bonds. The van der Waals surface area contributed by atoms with Crippen LogP contribution in [0.4, 0.5) is 0 Å². The summed E-state index contributed by atoms with van der Waals surface area (Å²) in [5.74, 6) is 0.694. The Bertz CT molecular complexity index is 220. The zero-order valence-electron chi connectivity index (χ0n) is 6.92. The second kappa shape index (κ2) is 3.90. The largest absolute Gasteiger partial charge is 0.276 e. The van der Waals surface area contributed by atoms with E-state index >= 15 is 0 Å². The molecule has 1 aromatic heterocycles. The minimum atomic E-state index is 0.694. The van der Waals surface area contributed by atoms with Crippen molar-refractivity contribution < 1.29 is 0 Å².